The molecule has 13 heavy (non-hydrogen) atoms. The largest absolute Gasteiger partial charge is 0.348 e. The molecular formula is C11H20O2. The van der Waals surface area contributed by atoms with E-state index in [1.165, 1.54) is 0 Å². The molecular weight excluding hydrogens is 164 g/mol. The van der Waals surface area contributed by atoms with Gasteiger partial charge >= 0.3 is 0 Å². The van der Waals surface area contributed by atoms with Gasteiger partial charge in [0.2, 0.25) is 0 Å². The summed E-state index contributed by atoms with van der Waals surface area (Å²) in [4.78, 5) is 0. The Hall–Kier alpha value is -0.0800. The molecule has 1 aliphatic carbocycles. The molecule has 1 unspecified atom stereocenters. The Morgan fingerprint density at radius 2 is 1.38 bits per heavy atom. The molecule has 0 aromatic carbocycles. The summed E-state index contributed by atoms with van der Waals surface area (Å²) in [5.41, 5.74) is 0.244. The lowest BCUT2D eigenvalue weighted by molar-refractivity contribution is -0.453. The number of hydrogen-bond acceptors (Lipinski definition) is 2. The summed E-state index contributed by atoms with van der Waals surface area (Å²) in [7, 11) is 0. The van der Waals surface area contributed by atoms with E-state index in [0.717, 1.165) is 0 Å². The van der Waals surface area contributed by atoms with E-state index >= 15 is 0 Å². The van der Waals surface area contributed by atoms with Crippen molar-refractivity contribution < 1.29 is 9.47 Å². The molecule has 2 heterocycles. The zero-order valence-corrected chi connectivity index (χ0v) is 9.47. The van der Waals surface area contributed by atoms with Gasteiger partial charge in [0, 0.05) is 10.8 Å². The van der Waals surface area contributed by atoms with Crippen LogP contribution in [0.3, 0.4) is 0 Å². The average molecular weight is 184 g/mol. The zero-order valence-electron chi connectivity index (χ0n) is 9.47. The lowest BCUT2D eigenvalue weighted by atomic mass is 9.42. The molecule has 2 heteroatoms. The SMILES string of the molecule is CC1OC2C(C)(C)C(C)(O1)C2(C)C. The highest BCUT2D eigenvalue weighted by Gasteiger charge is 2.74. The first kappa shape index (κ1) is 9.47. The Bertz CT molecular complexity index is 226. The second-order valence-electron chi connectivity index (χ2n) is 5.68. The van der Waals surface area contributed by atoms with Crippen molar-refractivity contribution in [2.75, 3.05) is 0 Å². The van der Waals surface area contributed by atoms with Crippen molar-refractivity contribution in [2.45, 2.75) is 59.5 Å². The first-order valence-corrected chi connectivity index (χ1v) is 5.07. The van der Waals surface area contributed by atoms with Crippen molar-refractivity contribution in [2.24, 2.45) is 10.8 Å². The van der Waals surface area contributed by atoms with Crippen LogP contribution in [0.25, 0.3) is 0 Å². The van der Waals surface area contributed by atoms with Gasteiger partial charge in [-0.15, -0.1) is 0 Å². The third-order valence-electron chi connectivity index (χ3n) is 4.50. The highest BCUT2D eigenvalue weighted by molar-refractivity contribution is 5.22. The summed E-state index contributed by atoms with van der Waals surface area (Å²) in [6.07, 6.45) is 0.282. The van der Waals surface area contributed by atoms with Gasteiger partial charge in [-0.2, -0.15) is 0 Å². The van der Waals surface area contributed by atoms with E-state index in [1.54, 1.807) is 0 Å². The van der Waals surface area contributed by atoms with Gasteiger partial charge < -0.3 is 9.47 Å². The Balaban J connectivity index is 2.38. The van der Waals surface area contributed by atoms with Crippen LogP contribution in [0.5, 0.6) is 0 Å². The standard InChI is InChI=1S/C11H20O2/c1-7-12-8-9(2,3)11(6,13-7)10(8,4)5/h7-8H,1-6H3. The second-order valence-corrected chi connectivity index (χ2v) is 5.68. The van der Waals surface area contributed by atoms with Crippen LogP contribution in [0, 0.1) is 10.8 Å². The Kier molecular flexibility index (Phi) is 1.54. The van der Waals surface area contributed by atoms with Gasteiger partial charge in [0.1, 0.15) is 0 Å². The van der Waals surface area contributed by atoms with Crippen molar-refractivity contribution in [3.05, 3.63) is 0 Å². The molecule has 0 N–H and O–H groups in total. The smallest absolute Gasteiger partial charge is 0.156 e. The summed E-state index contributed by atoms with van der Waals surface area (Å²) < 4.78 is 11.8. The molecule has 2 saturated heterocycles. The predicted molar refractivity (Wildman–Crippen MR) is 51.4 cm³/mol. The first-order chi connectivity index (χ1) is 5.73. The van der Waals surface area contributed by atoms with Crippen LogP contribution >= 0.6 is 0 Å². The Labute approximate surface area is 80.6 Å². The molecule has 1 atom stereocenters. The quantitative estimate of drug-likeness (QED) is 0.576. The van der Waals surface area contributed by atoms with E-state index in [9.17, 15) is 0 Å². The maximum Gasteiger partial charge on any atom is 0.156 e. The summed E-state index contributed by atoms with van der Waals surface area (Å²) in [5.74, 6) is 0. The van der Waals surface area contributed by atoms with Gasteiger partial charge in [-0.25, -0.2) is 0 Å². The maximum absolute atomic E-state index is 5.95. The molecule has 2 bridgehead atoms. The van der Waals surface area contributed by atoms with Crippen molar-refractivity contribution in [3.8, 4) is 0 Å². The van der Waals surface area contributed by atoms with Crippen molar-refractivity contribution in [1.29, 1.82) is 0 Å². The molecule has 3 rings (SSSR count). The summed E-state index contributed by atoms with van der Waals surface area (Å²) in [6, 6.07) is 0. The molecule has 0 radical (unpaired) electrons. The maximum atomic E-state index is 5.95. The third-order valence-corrected chi connectivity index (χ3v) is 4.50. The Morgan fingerprint density at radius 3 is 1.69 bits per heavy atom. The summed E-state index contributed by atoms with van der Waals surface area (Å²) >= 11 is 0. The highest BCUT2D eigenvalue weighted by Crippen LogP contribution is 2.67. The van der Waals surface area contributed by atoms with Crippen LogP contribution < -0.4 is 0 Å². The molecule has 2 nitrogen and oxygen atoms in total. The van der Waals surface area contributed by atoms with E-state index < -0.39 is 0 Å². The molecule has 0 aromatic heterocycles. The lowest BCUT2D eigenvalue weighted by Gasteiger charge is -2.73. The van der Waals surface area contributed by atoms with Crippen molar-refractivity contribution >= 4 is 0 Å². The van der Waals surface area contributed by atoms with E-state index in [-0.39, 0.29) is 22.7 Å². The fourth-order valence-electron chi connectivity index (χ4n) is 3.35. The van der Waals surface area contributed by atoms with Crippen molar-refractivity contribution in [1.82, 2.24) is 0 Å². The molecule has 0 aromatic rings. The van der Waals surface area contributed by atoms with Crippen LogP contribution in [0.1, 0.15) is 41.5 Å². The average Bonchev–Trinajstić information content (AvgIpc) is 1.95. The monoisotopic (exact) mass is 184 g/mol. The topological polar surface area (TPSA) is 18.5 Å². The molecule has 0 spiro atoms. The van der Waals surface area contributed by atoms with Gasteiger partial charge in [-0.05, 0) is 13.8 Å². The van der Waals surface area contributed by atoms with Gasteiger partial charge in [0.25, 0.3) is 0 Å². The van der Waals surface area contributed by atoms with Crippen LogP contribution in [0.2, 0.25) is 0 Å². The van der Waals surface area contributed by atoms with E-state index in [4.69, 9.17) is 9.47 Å². The minimum atomic E-state index is -0.0453. The van der Waals surface area contributed by atoms with Gasteiger partial charge in [0.05, 0.1) is 11.7 Å². The predicted octanol–water partition coefficient (Wildman–Crippen LogP) is 2.57. The van der Waals surface area contributed by atoms with Crippen LogP contribution in [-0.2, 0) is 9.47 Å². The first-order valence-electron chi connectivity index (χ1n) is 5.07. The van der Waals surface area contributed by atoms with Gasteiger partial charge in [-0.3, -0.25) is 0 Å². The molecule has 3 fully saturated rings. The second kappa shape index (κ2) is 2.12. The molecule has 0 amide bonds. The van der Waals surface area contributed by atoms with E-state index in [1.807, 2.05) is 6.92 Å². The summed E-state index contributed by atoms with van der Waals surface area (Å²) in [5, 5.41) is 0. The fourth-order valence-corrected chi connectivity index (χ4v) is 3.35. The van der Waals surface area contributed by atoms with Crippen molar-refractivity contribution in [3.63, 3.8) is 0 Å². The zero-order chi connectivity index (χ0) is 10.1. The molecule has 76 valence electrons. The number of fused-ring (bicyclic) bond motifs is 2. The number of ether oxygens (including phenoxy) is 2. The van der Waals surface area contributed by atoms with E-state index in [2.05, 4.69) is 34.6 Å². The summed E-state index contributed by atoms with van der Waals surface area (Å²) in [6.45, 7) is 13.1. The fraction of sp³-hybridized carbons (Fsp3) is 1.00. The highest BCUT2D eigenvalue weighted by atomic mass is 16.7. The third kappa shape index (κ3) is 0.774. The van der Waals surface area contributed by atoms with Crippen LogP contribution in [0.15, 0.2) is 0 Å². The van der Waals surface area contributed by atoms with Gasteiger partial charge in [-0.1, -0.05) is 27.7 Å². The normalized spacial score (nSPS) is 51.2. The minimum Gasteiger partial charge on any atom is -0.348 e. The Morgan fingerprint density at radius 1 is 0.923 bits per heavy atom. The van der Waals surface area contributed by atoms with Crippen LogP contribution in [0.4, 0.5) is 0 Å². The minimum absolute atomic E-state index is 0.0394. The van der Waals surface area contributed by atoms with E-state index in [0.29, 0.717) is 6.10 Å². The molecule has 2 aliphatic heterocycles. The number of hydrogen-bond donors (Lipinski definition) is 0. The van der Waals surface area contributed by atoms with Crippen LogP contribution in [-0.4, -0.2) is 18.0 Å². The molecule has 3 aliphatic rings. The van der Waals surface area contributed by atoms with Gasteiger partial charge in [0.15, 0.2) is 6.29 Å². The lowest BCUT2D eigenvalue weighted by Crippen LogP contribution is -2.80. The number of rotatable bonds is 0. The molecule has 1 saturated carbocycles.